The Morgan fingerprint density at radius 3 is 2.21 bits per heavy atom. The number of ether oxygens (including phenoxy) is 1. The molecule has 0 atom stereocenters. The van der Waals surface area contributed by atoms with E-state index in [0.717, 1.165) is 14.5 Å². The van der Waals surface area contributed by atoms with E-state index < -0.39 is 0 Å². The second-order valence-electron chi connectivity index (χ2n) is 3.88. The molecule has 0 fully saturated rings. The van der Waals surface area contributed by atoms with Crippen LogP contribution in [0.3, 0.4) is 0 Å². The van der Waals surface area contributed by atoms with Gasteiger partial charge in [-0.2, -0.15) is 0 Å². The summed E-state index contributed by atoms with van der Waals surface area (Å²) in [6.07, 6.45) is 0. The van der Waals surface area contributed by atoms with Crippen LogP contribution >= 0.6 is 47.8 Å². The molecule has 0 bridgehead atoms. The fourth-order valence-electron chi connectivity index (χ4n) is 1.57. The van der Waals surface area contributed by atoms with Crippen LogP contribution in [0.1, 0.15) is 5.56 Å². The molecule has 100 valence electrons. The van der Waals surface area contributed by atoms with E-state index in [4.69, 9.17) is 10.5 Å². The van der Waals surface area contributed by atoms with Crippen molar-refractivity contribution in [1.82, 2.24) is 0 Å². The third kappa shape index (κ3) is 3.94. The predicted octanol–water partition coefficient (Wildman–Crippen LogP) is 5.27. The molecule has 0 unspecified atom stereocenters. The van der Waals surface area contributed by atoms with E-state index >= 15 is 0 Å². The van der Waals surface area contributed by atoms with Gasteiger partial charge in [0.05, 0.1) is 8.95 Å². The number of anilines is 1. The maximum Gasteiger partial charge on any atom is 0.148 e. The summed E-state index contributed by atoms with van der Waals surface area (Å²) in [5.41, 5.74) is 7.07. The number of hydrogen-bond donors (Lipinski definition) is 1. The van der Waals surface area contributed by atoms with E-state index in [9.17, 15) is 4.39 Å². The first-order chi connectivity index (χ1) is 8.95. The van der Waals surface area contributed by atoms with E-state index in [1.807, 2.05) is 6.07 Å². The molecule has 0 aliphatic heterocycles. The summed E-state index contributed by atoms with van der Waals surface area (Å²) in [4.78, 5) is 0. The second-order valence-corrected chi connectivity index (χ2v) is 6.50. The van der Waals surface area contributed by atoms with Crippen molar-refractivity contribution in [2.24, 2.45) is 0 Å². The zero-order valence-electron chi connectivity index (χ0n) is 9.59. The highest BCUT2D eigenvalue weighted by Gasteiger charge is 2.09. The van der Waals surface area contributed by atoms with Gasteiger partial charge >= 0.3 is 0 Å². The van der Waals surface area contributed by atoms with Crippen LogP contribution < -0.4 is 10.5 Å². The first-order valence-electron chi connectivity index (χ1n) is 5.28. The summed E-state index contributed by atoms with van der Waals surface area (Å²) in [6, 6.07) is 8.15. The molecule has 2 N–H and O–H groups in total. The van der Waals surface area contributed by atoms with E-state index in [1.165, 1.54) is 12.1 Å². The van der Waals surface area contributed by atoms with E-state index in [-0.39, 0.29) is 12.4 Å². The summed E-state index contributed by atoms with van der Waals surface area (Å²) in [6.45, 7) is 0.261. The Kier molecular flexibility index (Phi) is 4.86. The topological polar surface area (TPSA) is 35.2 Å². The van der Waals surface area contributed by atoms with Crippen LogP contribution in [0.5, 0.6) is 5.75 Å². The molecule has 0 saturated carbocycles. The summed E-state index contributed by atoms with van der Waals surface area (Å²) in [7, 11) is 0. The average Bonchev–Trinajstić information content (AvgIpc) is 2.25. The van der Waals surface area contributed by atoms with Crippen LogP contribution in [0.15, 0.2) is 43.7 Å². The highest BCUT2D eigenvalue weighted by Crippen LogP contribution is 2.36. The SMILES string of the molecule is Nc1cc(Br)c(OCc2cc(F)cc(Br)c2)c(Br)c1. The van der Waals surface area contributed by atoms with Crippen LogP contribution in [-0.2, 0) is 6.61 Å². The number of rotatable bonds is 3. The molecule has 0 spiro atoms. The van der Waals surface area contributed by atoms with Gasteiger partial charge in [-0.15, -0.1) is 0 Å². The lowest BCUT2D eigenvalue weighted by Crippen LogP contribution is -1.98. The largest absolute Gasteiger partial charge is 0.487 e. The summed E-state index contributed by atoms with van der Waals surface area (Å²) in [5, 5.41) is 0. The van der Waals surface area contributed by atoms with Crippen molar-refractivity contribution in [3.63, 3.8) is 0 Å². The zero-order valence-corrected chi connectivity index (χ0v) is 14.3. The van der Waals surface area contributed by atoms with Gasteiger partial charge in [-0.1, -0.05) is 15.9 Å². The van der Waals surface area contributed by atoms with Crippen molar-refractivity contribution < 1.29 is 9.13 Å². The van der Waals surface area contributed by atoms with Gasteiger partial charge in [-0.05, 0) is 67.8 Å². The number of nitrogen functional groups attached to an aromatic ring is 1. The van der Waals surface area contributed by atoms with Gasteiger partial charge in [0.1, 0.15) is 18.2 Å². The Labute approximate surface area is 135 Å². The standard InChI is InChI=1S/C13H9Br3FNO/c14-8-1-7(2-9(17)3-8)6-19-13-11(15)4-10(18)5-12(13)16/h1-5H,6,18H2. The van der Waals surface area contributed by atoms with Crippen LogP contribution in [0.4, 0.5) is 10.1 Å². The highest BCUT2D eigenvalue weighted by molar-refractivity contribution is 9.11. The van der Waals surface area contributed by atoms with Crippen LogP contribution in [0.2, 0.25) is 0 Å². The van der Waals surface area contributed by atoms with Crippen molar-refractivity contribution in [1.29, 1.82) is 0 Å². The summed E-state index contributed by atoms with van der Waals surface area (Å²) < 4.78 is 21.1. The smallest absolute Gasteiger partial charge is 0.148 e. The van der Waals surface area contributed by atoms with Gasteiger partial charge in [0, 0.05) is 10.2 Å². The number of hydrogen-bond acceptors (Lipinski definition) is 2. The predicted molar refractivity (Wildman–Crippen MR) is 84.7 cm³/mol. The minimum Gasteiger partial charge on any atom is -0.487 e. The molecule has 0 amide bonds. The molecule has 0 aliphatic rings. The van der Waals surface area contributed by atoms with Gasteiger partial charge in [0.15, 0.2) is 0 Å². The van der Waals surface area contributed by atoms with Crippen LogP contribution in [0.25, 0.3) is 0 Å². The normalized spacial score (nSPS) is 10.5. The van der Waals surface area contributed by atoms with E-state index in [0.29, 0.717) is 15.9 Å². The minimum absolute atomic E-state index is 0.261. The lowest BCUT2D eigenvalue weighted by Gasteiger charge is -2.11. The molecule has 0 saturated heterocycles. The number of nitrogens with two attached hydrogens (primary N) is 1. The summed E-state index contributed by atoms with van der Waals surface area (Å²) in [5.74, 6) is 0.331. The molecule has 2 rings (SSSR count). The molecule has 6 heteroatoms. The maximum atomic E-state index is 13.2. The summed E-state index contributed by atoms with van der Waals surface area (Å²) >= 11 is 10.0. The van der Waals surface area contributed by atoms with Gasteiger partial charge in [-0.3, -0.25) is 0 Å². The molecule has 0 heterocycles. The Morgan fingerprint density at radius 1 is 1.00 bits per heavy atom. The molecular weight excluding hydrogens is 445 g/mol. The van der Waals surface area contributed by atoms with Gasteiger partial charge in [0.25, 0.3) is 0 Å². The molecule has 2 nitrogen and oxygen atoms in total. The van der Waals surface area contributed by atoms with Gasteiger partial charge < -0.3 is 10.5 Å². The zero-order chi connectivity index (χ0) is 14.0. The second kappa shape index (κ2) is 6.24. The Bertz CT molecular complexity index is 576. The molecule has 0 aromatic heterocycles. The molecule has 2 aromatic rings. The average molecular weight is 454 g/mol. The third-order valence-corrected chi connectivity index (χ3v) is 3.96. The third-order valence-electron chi connectivity index (χ3n) is 2.33. The van der Waals surface area contributed by atoms with Crippen molar-refractivity contribution in [2.45, 2.75) is 6.61 Å². The van der Waals surface area contributed by atoms with Crippen molar-refractivity contribution >= 4 is 53.5 Å². The minimum atomic E-state index is -0.302. The monoisotopic (exact) mass is 451 g/mol. The first-order valence-corrected chi connectivity index (χ1v) is 7.66. The van der Waals surface area contributed by atoms with Crippen molar-refractivity contribution in [3.05, 3.63) is 55.1 Å². The van der Waals surface area contributed by atoms with Gasteiger partial charge in [-0.25, -0.2) is 4.39 Å². The lowest BCUT2D eigenvalue weighted by molar-refractivity contribution is 0.301. The Hall–Kier alpha value is -0.590. The van der Waals surface area contributed by atoms with E-state index in [1.54, 1.807) is 12.1 Å². The van der Waals surface area contributed by atoms with Crippen LogP contribution in [-0.4, -0.2) is 0 Å². The van der Waals surface area contributed by atoms with E-state index in [2.05, 4.69) is 47.8 Å². The Balaban J connectivity index is 2.19. The van der Waals surface area contributed by atoms with Crippen LogP contribution in [0, 0.1) is 5.82 Å². The number of benzene rings is 2. The van der Waals surface area contributed by atoms with Gasteiger partial charge in [0.2, 0.25) is 0 Å². The maximum absolute atomic E-state index is 13.2. The Morgan fingerprint density at radius 2 is 1.63 bits per heavy atom. The van der Waals surface area contributed by atoms with Crippen molar-refractivity contribution in [3.8, 4) is 5.75 Å². The molecule has 0 radical (unpaired) electrons. The molecule has 2 aromatic carbocycles. The highest BCUT2D eigenvalue weighted by atomic mass is 79.9. The fourth-order valence-corrected chi connectivity index (χ4v) is 3.53. The number of halogens is 4. The quantitative estimate of drug-likeness (QED) is 0.642. The first kappa shape index (κ1) is 14.8. The lowest BCUT2D eigenvalue weighted by atomic mass is 10.2. The fraction of sp³-hybridized carbons (Fsp3) is 0.0769. The van der Waals surface area contributed by atoms with Crippen molar-refractivity contribution in [2.75, 3.05) is 5.73 Å². The molecular formula is C13H9Br3FNO. The molecule has 0 aliphatic carbocycles. The molecule has 19 heavy (non-hydrogen) atoms.